The summed E-state index contributed by atoms with van der Waals surface area (Å²) in [7, 11) is 0. The number of esters is 3. The van der Waals surface area contributed by atoms with E-state index < -0.39 is 6.10 Å². The summed E-state index contributed by atoms with van der Waals surface area (Å²) in [6.07, 6.45) is 78.0. The SMILES string of the molecule is CC/C=C\C/C=C\C/C=C\C/C=C\C/C=C\C/C=C\C/C=C\CCCC(=O)OCC(COC(=O)CCCCCCC/C=C\C/C=C\CCC)OC(=O)CCCCCCCCCCCCCCCCCC. The Balaban J connectivity index is 4.47. The van der Waals surface area contributed by atoms with Crippen LogP contribution in [0, 0.1) is 0 Å². The molecule has 0 aromatic rings. The van der Waals surface area contributed by atoms with Gasteiger partial charge in [0, 0.05) is 19.3 Å². The summed E-state index contributed by atoms with van der Waals surface area (Å²) in [5, 5.41) is 0. The van der Waals surface area contributed by atoms with Crippen LogP contribution >= 0.6 is 0 Å². The van der Waals surface area contributed by atoms with Gasteiger partial charge >= 0.3 is 17.9 Å². The third-order valence-electron chi connectivity index (χ3n) is 12.0. The average molecular weight is 972 g/mol. The Labute approximate surface area is 431 Å². The molecule has 6 nitrogen and oxygen atoms in total. The average Bonchev–Trinajstić information content (AvgIpc) is 3.36. The summed E-state index contributed by atoms with van der Waals surface area (Å²) in [6, 6.07) is 0. The van der Waals surface area contributed by atoms with E-state index in [1.807, 2.05) is 0 Å². The number of carbonyl (C=O) groups excluding carboxylic acids is 3. The summed E-state index contributed by atoms with van der Waals surface area (Å²) >= 11 is 0. The van der Waals surface area contributed by atoms with Gasteiger partial charge in [-0.05, 0) is 96.3 Å². The van der Waals surface area contributed by atoms with Crippen molar-refractivity contribution in [3.63, 3.8) is 0 Å². The molecule has 0 heterocycles. The van der Waals surface area contributed by atoms with E-state index in [0.29, 0.717) is 19.3 Å². The van der Waals surface area contributed by atoms with Crippen LogP contribution in [0.4, 0.5) is 0 Å². The first-order valence-electron chi connectivity index (χ1n) is 28.9. The molecule has 0 aliphatic carbocycles. The van der Waals surface area contributed by atoms with Gasteiger partial charge in [-0.25, -0.2) is 0 Å². The van der Waals surface area contributed by atoms with E-state index in [1.54, 1.807) is 0 Å². The molecule has 0 aromatic carbocycles. The summed E-state index contributed by atoms with van der Waals surface area (Å²) in [5.41, 5.74) is 0. The van der Waals surface area contributed by atoms with Gasteiger partial charge in [0.1, 0.15) is 13.2 Å². The number of unbranched alkanes of at least 4 members (excludes halogenated alkanes) is 22. The lowest BCUT2D eigenvalue weighted by molar-refractivity contribution is -0.167. The fourth-order valence-corrected chi connectivity index (χ4v) is 7.70. The van der Waals surface area contributed by atoms with Gasteiger partial charge in [-0.3, -0.25) is 14.4 Å². The van der Waals surface area contributed by atoms with E-state index in [1.165, 1.54) is 89.9 Å². The standard InChI is InChI=1S/C64H106O6/c1-4-7-10-13-16-19-22-25-27-29-30-31-32-33-34-35-37-39-42-45-48-51-54-57-63(66)69-60-61(59-68-62(65)56-53-50-47-44-41-38-24-21-18-15-12-9-6-3)70-64(67)58-55-52-49-46-43-40-36-28-26-23-20-17-14-11-8-5-2/h7,10,12,15-16,19,21,24-25,27,30-31,33-34,37,39,45,48,61H,4-6,8-9,11,13-14,17-18,20,22-23,26,28-29,32,35-36,38,40-44,46-47,49-60H2,1-3H3/b10-7-,15-12-,19-16-,24-21-,27-25-,31-30-,34-33-,39-37-,48-45-. The Morgan fingerprint density at radius 2 is 0.600 bits per heavy atom. The predicted octanol–water partition coefficient (Wildman–Crippen LogP) is 19.5. The first-order valence-corrected chi connectivity index (χ1v) is 28.9. The molecule has 6 heteroatoms. The highest BCUT2D eigenvalue weighted by Crippen LogP contribution is 2.15. The van der Waals surface area contributed by atoms with Crippen LogP contribution < -0.4 is 0 Å². The first kappa shape index (κ1) is 66.1. The minimum atomic E-state index is -0.807. The monoisotopic (exact) mass is 971 g/mol. The molecule has 0 fully saturated rings. The molecule has 0 aliphatic rings. The van der Waals surface area contributed by atoms with Crippen molar-refractivity contribution in [1.82, 2.24) is 0 Å². The quantitative estimate of drug-likeness (QED) is 0.0262. The van der Waals surface area contributed by atoms with Crippen molar-refractivity contribution in [2.24, 2.45) is 0 Å². The molecule has 398 valence electrons. The van der Waals surface area contributed by atoms with E-state index in [4.69, 9.17) is 14.2 Å². The molecule has 0 N–H and O–H groups in total. The van der Waals surface area contributed by atoms with Crippen molar-refractivity contribution < 1.29 is 28.6 Å². The van der Waals surface area contributed by atoms with Crippen molar-refractivity contribution in [1.29, 1.82) is 0 Å². The summed E-state index contributed by atoms with van der Waals surface area (Å²) in [6.45, 7) is 6.41. The van der Waals surface area contributed by atoms with Crippen molar-refractivity contribution in [2.75, 3.05) is 13.2 Å². The zero-order chi connectivity index (χ0) is 50.7. The van der Waals surface area contributed by atoms with Crippen LogP contribution in [0.25, 0.3) is 0 Å². The third-order valence-corrected chi connectivity index (χ3v) is 12.0. The molecule has 0 bridgehead atoms. The molecule has 0 saturated carbocycles. The topological polar surface area (TPSA) is 78.9 Å². The van der Waals surface area contributed by atoms with Crippen LogP contribution in [0.15, 0.2) is 109 Å². The van der Waals surface area contributed by atoms with Gasteiger partial charge in [-0.2, -0.15) is 0 Å². The molecule has 0 aromatic heterocycles. The molecule has 1 unspecified atom stereocenters. The molecule has 1 atom stereocenters. The van der Waals surface area contributed by atoms with E-state index in [0.717, 1.165) is 122 Å². The Kier molecular flexibility index (Phi) is 54.4. The lowest BCUT2D eigenvalue weighted by atomic mass is 10.0. The maximum atomic E-state index is 12.9. The Hall–Kier alpha value is -3.93. The van der Waals surface area contributed by atoms with E-state index in [-0.39, 0.29) is 37.5 Å². The highest BCUT2D eigenvalue weighted by atomic mass is 16.6. The van der Waals surface area contributed by atoms with Crippen molar-refractivity contribution in [3.05, 3.63) is 109 Å². The van der Waals surface area contributed by atoms with E-state index in [9.17, 15) is 14.4 Å². The van der Waals surface area contributed by atoms with Gasteiger partial charge in [-0.1, -0.05) is 252 Å². The zero-order valence-corrected chi connectivity index (χ0v) is 45.5. The van der Waals surface area contributed by atoms with E-state index >= 15 is 0 Å². The Bertz CT molecular complexity index is 1440. The second-order valence-corrected chi connectivity index (χ2v) is 18.8. The molecule has 0 rings (SSSR count). The lowest BCUT2D eigenvalue weighted by Crippen LogP contribution is -2.30. The molecular weight excluding hydrogens is 865 g/mol. The van der Waals surface area contributed by atoms with Crippen molar-refractivity contribution >= 4 is 17.9 Å². The normalized spacial score (nSPS) is 12.9. The minimum Gasteiger partial charge on any atom is -0.462 e. The third kappa shape index (κ3) is 55.0. The Morgan fingerprint density at radius 3 is 0.986 bits per heavy atom. The molecule has 0 amide bonds. The Morgan fingerprint density at radius 1 is 0.300 bits per heavy atom. The lowest BCUT2D eigenvalue weighted by Gasteiger charge is -2.18. The number of rotatable bonds is 51. The van der Waals surface area contributed by atoms with Gasteiger partial charge in [0.2, 0.25) is 0 Å². The molecule has 0 aliphatic heterocycles. The summed E-state index contributed by atoms with van der Waals surface area (Å²) < 4.78 is 16.8. The second-order valence-electron chi connectivity index (χ2n) is 18.8. The predicted molar refractivity (Wildman–Crippen MR) is 302 cm³/mol. The number of allylic oxidation sites excluding steroid dienone is 18. The summed E-state index contributed by atoms with van der Waals surface area (Å²) in [4.78, 5) is 38.1. The summed E-state index contributed by atoms with van der Waals surface area (Å²) in [5.74, 6) is -0.975. The van der Waals surface area contributed by atoms with Crippen LogP contribution in [0.1, 0.15) is 258 Å². The maximum Gasteiger partial charge on any atom is 0.306 e. The number of hydrogen-bond acceptors (Lipinski definition) is 6. The van der Waals surface area contributed by atoms with Crippen molar-refractivity contribution in [2.45, 2.75) is 264 Å². The molecular formula is C64H106O6. The molecule has 0 spiro atoms. The first-order chi connectivity index (χ1) is 34.5. The van der Waals surface area contributed by atoms with Gasteiger partial charge in [0.25, 0.3) is 0 Å². The van der Waals surface area contributed by atoms with E-state index in [2.05, 4.69) is 130 Å². The fourth-order valence-electron chi connectivity index (χ4n) is 7.70. The largest absolute Gasteiger partial charge is 0.462 e. The number of carbonyl (C=O) groups is 3. The minimum absolute atomic E-state index is 0.103. The van der Waals surface area contributed by atoms with Crippen LogP contribution in [0.2, 0.25) is 0 Å². The second kappa shape index (κ2) is 57.6. The highest BCUT2D eigenvalue weighted by Gasteiger charge is 2.19. The van der Waals surface area contributed by atoms with Crippen LogP contribution in [0.3, 0.4) is 0 Å². The van der Waals surface area contributed by atoms with Crippen LogP contribution in [-0.2, 0) is 28.6 Å². The van der Waals surface area contributed by atoms with Gasteiger partial charge in [0.05, 0.1) is 0 Å². The van der Waals surface area contributed by atoms with Crippen LogP contribution in [-0.4, -0.2) is 37.2 Å². The fraction of sp³-hybridized carbons (Fsp3) is 0.672. The highest BCUT2D eigenvalue weighted by molar-refractivity contribution is 5.71. The molecule has 0 saturated heterocycles. The maximum absolute atomic E-state index is 12.9. The van der Waals surface area contributed by atoms with Gasteiger partial charge < -0.3 is 14.2 Å². The number of hydrogen-bond donors (Lipinski definition) is 0. The zero-order valence-electron chi connectivity index (χ0n) is 45.5. The molecule has 0 radical (unpaired) electrons. The van der Waals surface area contributed by atoms with Crippen molar-refractivity contribution in [3.8, 4) is 0 Å². The molecule has 70 heavy (non-hydrogen) atoms. The van der Waals surface area contributed by atoms with Crippen LogP contribution in [0.5, 0.6) is 0 Å². The smallest absolute Gasteiger partial charge is 0.306 e. The number of ether oxygens (including phenoxy) is 3. The van der Waals surface area contributed by atoms with Gasteiger partial charge in [0.15, 0.2) is 6.10 Å². The van der Waals surface area contributed by atoms with Gasteiger partial charge in [-0.15, -0.1) is 0 Å².